The van der Waals surface area contributed by atoms with Gasteiger partial charge in [0.1, 0.15) is 0 Å². The van der Waals surface area contributed by atoms with Crippen molar-refractivity contribution in [2.45, 2.75) is 33.3 Å². The van der Waals surface area contributed by atoms with E-state index in [9.17, 15) is 23.8 Å². The van der Waals surface area contributed by atoms with Crippen molar-refractivity contribution in [2.75, 3.05) is 25.4 Å². The molecule has 0 aliphatic carbocycles. The summed E-state index contributed by atoms with van der Waals surface area (Å²) in [7, 11) is -4.23. The number of allylic oxidation sites excluding steroid dienone is 1. The summed E-state index contributed by atoms with van der Waals surface area (Å²) in [6.07, 6.45) is 1.99. The van der Waals surface area contributed by atoms with Crippen LogP contribution < -0.4 is 10.6 Å². The summed E-state index contributed by atoms with van der Waals surface area (Å²) in [5.41, 5.74) is -0.778. The molecule has 0 aromatic rings. The summed E-state index contributed by atoms with van der Waals surface area (Å²) in [6.45, 7) is 5.40. The van der Waals surface area contributed by atoms with E-state index < -0.39 is 25.2 Å². The summed E-state index contributed by atoms with van der Waals surface area (Å²) < 4.78 is 21.1. The van der Waals surface area contributed by atoms with Gasteiger partial charge in [0.2, 0.25) is 16.9 Å². The number of phosphoric ester groups is 1. The molecule has 2 amide bonds. The molecule has 0 bridgehead atoms. The number of hydrogen-bond donors (Lipinski definition) is 3. The molecule has 0 aromatic heterocycles. The number of hydrogen-bond acceptors (Lipinski definition) is 7. The molecule has 11 heteroatoms. The number of amides is 2. The molecule has 1 rings (SSSR count). The van der Waals surface area contributed by atoms with Crippen molar-refractivity contribution in [2.24, 2.45) is 5.41 Å². The van der Waals surface area contributed by atoms with Crippen molar-refractivity contribution in [3.8, 4) is 0 Å². The predicted octanol–water partition coefficient (Wildman–Crippen LogP) is 0.987. The first-order valence-corrected chi connectivity index (χ1v) is 10.5. The molecule has 1 aliphatic rings. The number of carbonyl (C=O) groups excluding carboxylic acids is 3. The lowest BCUT2D eigenvalue weighted by Crippen LogP contribution is -2.49. The Morgan fingerprint density at radius 3 is 2.65 bits per heavy atom. The van der Waals surface area contributed by atoms with Gasteiger partial charge in [-0.2, -0.15) is 0 Å². The third-order valence-electron chi connectivity index (χ3n) is 3.41. The first-order chi connectivity index (χ1) is 12.1. The van der Waals surface area contributed by atoms with Gasteiger partial charge < -0.3 is 15.5 Å². The Hall–Kier alpha value is -1.19. The Balaban J connectivity index is 2.29. The lowest BCUT2D eigenvalue weighted by Gasteiger charge is -2.38. The number of nitrogens with one attached hydrogen (secondary N) is 2. The standard InChI is InChI=1S/C15H25N2O7PS/c1-4-5-12(19)26-9-8-16-11(18)6-7-17-14(20)13-15(2,3)10-23-25(21,22)24-13/h4-5,13H,6-10H2,1-3H3,(H,16,18)(H,17,20)(H,21,22)/b5-4+/t13-/m0/s1. The first-order valence-electron chi connectivity index (χ1n) is 8.07. The van der Waals surface area contributed by atoms with Crippen LogP contribution in [-0.2, 0) is 28.0 Å². The molecule has 148 valence electrons. The molecule has 0 spiro atoms. The maximum Gasteiger partial charge on any atom is 0.472 e. The second-order valence-electron chi connectivity index (χ2n) is 6.27. The van der Waals surface area contributed by atoms with Gasteiger partial charge in [0.15, 0.2) is 6.10 Å². The van der Waals surface area contributed by atoms with Crippen LogP contribution in [0.3, 0.4) is 0 Å². The zero-order valence-corrected chi connectivity index (χ0v) is 16.7. The van der Waals surface area contributed by atoms with Crippen LogP contribution in [0.25, 0.3) is 0 Å². The molecular formula is C15H25N2O7PS. The van der Waals surface area contributed by atoms with Crippen molar-refractivity contribution in [1.29, 1.82) is 0 Å². The Kier molecular flexibility index (Phi) is 8.99. The Bertz CT molecular complexity index is 609. The minimum absolute atomic E-state index is 0.0413. The van der Waals surface area contributed by atoms with Gasteiger partial charge in [-0.05, 0) is 13.0 Å². The van der Waals surface area contributed by atoms with Crippen molar-refractivity contribution >= 4 is 36.5 Å². The minimum atomic E-state index is -4.23. The summed E-state index contributed by atoms with van der Waals surface area (Å²) in [5.74, 6) is -0.394. The van der Waals surface area contributed by atoms with Crippen molar-refractivity contribution < 1.29 is 32.9 Å². The van der Waals surface area contributed by atoms with E-state index in [1.54, 1.807) is 26.8 Å². The summed E-state index contributed by atoms with van der Waals surface area (Å²) >= 11 is 1.10. The van der Waals surface area contributed by atoms with Crippen molar-refractivity contribution in [3.05, 3.63) is 12.2 Å². The van der Waals surface area contributed by atoms with E-state index in [1.807, 2.05) is 0 Å². The molecule has 3 N–H and O–H groups in total. The topological polar surface area (TPSA) is 131 Å². The van der Waals surface area contributed by atoms with Crippen LogP contribution in [0.4, 0.5) is 0 Å². The van der Waals surface area contributed by atoms with Crippen LogP contribution in [0.1, 0.15) is 27.2 Å². The van der Waals surface area contributed by atoms with Gasteiger partial charge in [-0.3, -0.25) is 23.4 Å². The highest BCUT2D eigenvalue weighted by atomic mass is 32.2. The normalized spacial score (nSPS) is 25.0. The fourth-order valence-electron chi connectivity index (χ4n) is 2.04. The molecule has 1 fully saturated rings. The largest absolute Gasteiger partial charge is 0.472 e. The zero-order valence-electron chi connectivity index (χ0n) is 15.0. The molecule has 0 saturated carbocycles. The smallest absolute Gasteiger partial charge is 0.355 e. The van der Waals surface area contributed by atoms with Gasteiger partial charge in [0.25, 0.3) is 0 Å². The number of thioether (sulfide) groups is 1. The zero-order chi connectivity index (χ0) is 19.8. The molecule has 9 nitrogen and oxygen atoms in total. The van der Waals surface area contributed by atoms with Gasteiger partial charge in [-0.15, -0.1) is 0 Å². The monoisotopic (exact) mass is 408 g/mol. The lowest BCUT2D eigenvalue weighted by molar-refractivity contribution is -0.141. The van der Waals surface area contributed by atoms with Gasteiger partial charge in [-0.1, -0.05) is 31.7 Å². The first kappa shape index (κ1) is 22.9. The summed E-state index contributed by atoms with van der Waals surface area (Å²) in [4.78, 5) is 44.5. The molecule has 0 radical (unpaired) electrons. The lowest BCUT2D eigenvalue weighted by atomic mass is 9.87. The number of rotatable bonds is 8. The van der Waals surface area contributed by atoms with E-state index in [0.717, 1.165) is 11.8 Å². The summed E-state index contributed by atoms with van der Waals surface area (Å²) in [5, 5.41) is 5.09. The van der Waals surface area contributed by atoms with E-state index in [2.05, 4.69) is 10.6 Å². The average Bonchev–Trinajstić information content (AvgIpc) is 2.54. The van der Waals surface area contributed by atoms with E-state index in [0.29, 0.717) is 12.3 Å². The Morgan fingerprint density at radius 2 is 2.00 bits per heavy atom. The predicted molar refractivity (Wildman–Crippen MR) is 97.3 cm³/mol. The van der Waals surface area contributed by atoms with Crippen LogP contribution >= 0.6 is 19.6 Å². The van der Waals surface area contributed by atoms with Gasteiger partial charge in [-0.25, -0.2) is 4.57 Å². The number of carbonyl (C=O) groups is 3. The SMILES string of the molecule is C/C=C/C(=O)SCCNC(=O)CCNC(=O)[C@@H]1OP(=O)(O)OCC1(C)C. The fraction of sp³-hybridized carbons (Fsp3) is 0.667. The van der Waals surface area contributed by atoms with Crippen molar-refractivity contribution in [3.63, 3.8) is 0 Å². The van der Waals surface area contributed by atoms with Gasteiger partial charge in [0, 0.05) is 30.7 Å². The van der Waals surface area contributed by atoms with E-state index >= 15 is 0 Å². The van der Waals surface area contributed by atoms with Gasteiger partial charge in [0.05, 0.1) is 6.61 Å². The average molecular weight is 408 g/mol. The summed E-state index contributed by atoms with van der Waals surface area (Å²) in [6, 6.07) is 0. The molecule has 1 unspecified atom stereocenters. The van der Waals surface area contributed by atoms with E-state index in [-0.39, 0.29) is 30.6 Å². The second kappa shape index (κ2) is 10.2. The molecule has 1 aliphatic heterocycles. The molecule has 26 heavy (non-hydrogen) atoms. The molecule has 2 atom stereocenters. The highest BCUT2D eigenvalue weighted by Crippen LogP contribution is 2.52. The van der Waals surface area contributed by atoms with Crippen LogP contribution in [0.2, 0.25) is 0 Å². The highest BCUT2D eigenvalue weighted by molar-refractivity contribution is 8.14. The maximum absolute atomic E-state index is 12.2. The highest BCUT2D eigenvalue weighted by Gasteiger charge is 2.47. The molecular weight excluding hydrogens is 383 g/mol. The van der Waals surface area contributed by atoms with Crippen molar-refractivity contribution in [1.82, 2.24) is 10.6 Å². The van der Waals surface area contributed by atoms with E-state index in [1.165, 1.54) is 6.08 Å². The number of phosphoric acid groups is 1. The van der Waals surface area contributed by atoms with Crippen LogP contribution in [-0.4, -0.2) is 53.4 Å². The third-order valence-corrected chi connectivity index (χ3v) is 5.17. The third kappa shape index (κ3) is 8.01. The van der Waals surface area contributed by atoms with E-state index in [4.69, 9.17) is 9.05 Å². The quantitative estimate of drug-likeness (QED) is 0.308. The van der Waals surface area contributed by atoms with Gasteiger partial charge >= 0.3 is 7.82 Å². The Labute approximate surface area is 156 Å². The molecule has 1 heterocycles. The van der Waals surface area contributed by atoms with Crippen LogP contribution in [0.5, 0.6) is 0 Å². The van der Waals surface area contributed by atoms with Crippen LogP contribution in [0, 0.1) is 5.41 Å². The molecule has 0 aromatic carbocycles. The molecule has 1 saturated heterocycles. The fourth-order valence-corrected chi connectivity index (χ4v) is 3.88. The Morgan fingerprint density at radius 1 is 1.31 bits per heavy atom. The second-order valence-corrected chi connectivity index (χ2v) is 8.78. The van der Waals surface area contributed by atoms with Crippen LogP contribution in [0.15, 0.2) is 12.2 Å². The maximum atomic E-state index is 12.2. The minimum Gasteiger partial charge on any atom is -0.355 e.